The predicted molar refractivity (Wildman–Crippen MR) is 87.5 cm³/mol. The largest absolute Gasteiger partial charge is 0.492 e. The van der Waals surface area contributed by atoms with Gasteiger partial charge in [-0.1, -0.05) is 18.2 Å². The Morgan fingerprint density at radius 1 is 1.23 bits per heavy atom. The van der Waals surface area contributed by atoms with Crippen LogP contribution in [0, 0.1) is 0 Å². The van der Waals surface area contributed by atoms with Gasteiger partial charge in [0.1, 0.15) is 11.8 Å². The van der Waals surface area contributed by atoms with Gasteiger partial charge >= 0.3 is 0 Å². The predicted octanol–water partition coefficient (Wildman–Crippen LogP) is 2.90. The van der Waals surface area contributed by atoms with Crippen molar-refractivity contribution >= 4 is 28.8 Å². The monoisotopic (exact) mass is 318 g/mol. The number of para-hydroxylation sites is 2. The van der Waals surface area contributed by atoms with Crippen LogP contribution in [0.2, 0.25) is 0 Å². The molecule has 1 unspecified atom stereocenters. The molecule has 22 heavy (non-hydrogen) atoms. The minimum absolute atomic E-state index is 0.254. The van der Waals surface area contributed by atoms with Gasteiger partial charge < -0.3 is 15.4 Å². The highest BCUT2D eigenvalue weighted by molar-refractivity contribution is 7.12. The summed E-state index contributed by atoms with van der Waals surface area (Å²) in [5, 5.41) is 7.26. The zero-order valence-corrected chi connectivity index (χ0v) is 13.3. The smallest absolute Gasteiger partial charge is 0.261 e. The second-order valence-corrected chi connectivity index (χ2v) is 5.54. The maximum atomic E-state index is 12.2. The second kappa shape index (κ2) is 7.61. The van der Waals surface area contributed by atoms with E-state index in [1.165, 1.54) is 11.3 Å². The lowest BCUT2D eigenvalue weighted by atomic mass is 10.2. The van der Waals surface area contributed by atoms with E-state index in [-0.39, 0.29) is 11.8 Å². The zero-order chi connectivity index (χ0) is 15.9. The first-order chi connectivity index (χ1) is 10.6. The first-order valence-electron chi connectivity index (χ1n) is 6.99. The summed E-state index contributed by atoms with van der Waals surface area (Å²) in [6.07, 6.45) is 0. The van der Waals surface area contributed by atoms with Crippen molar-refractivity contribution in [2.24, 2.45) is 0 Å². The number of hydrogen-bond acceptors (Lipinski definition) is 4. The number of amides is 2. The van der Waals surface area contributed by atoms with Gasteiger partial charge in [-0.3, -0.25) is 9.59 Å². The van der Waals surface area contributed by atoms with Gasteiger partial charge in [0.05, 0.1) is 17.2 Å². The van der Waals surface area contributed by atoms with Gasteiger partial charge in [-0.15, -0.1) is 11.3 Å². The van der Waals surface area contributed by atoms with E-state index in [0.717, 1.165) is 0 Å². The highest BCUT2D eigenvalue weighted by atomic mass is 32.1. The molecule has 2 aromatic rings. The molecule has 2 N–H and O–H groups in total. The summed E-state index contributed by atoms with van der Waals surface area (Å²) < 4.78 is 5.46. The summed E-state index contributed by atoms with van der Waals surface area (Å²) in [4.78, 5) is 24.7. The van der Waals surface area contributed by atoms with E-state index < -0.39 is 6.04 Å². The maximum absolute atomic E-state index is 12.2. The van der Waals surface area contributed by atoms with Gasteiger partial charge in [-0.2, -0.15) is 0 Å². The fourth-order valence-corrected chi connectivity index (χ4v) is 2.46. The number of nitrogens with one attached hydrogen (secondary N) is 2. The van der Waals surface area contributed by atoms with Crippen LogP contribution < -0.4 is 15.4 Å². The third-order valence-corrected chi connectivity index (χ3v) is 3.80. The van der Waals surface area contributed by atoms with Crippen LogP contribution in [0.4, 0.5) is 5.69 Å². The van der Waals surface area contributed by atoms with Crippen molar-refractivity contribution in [3.05, 3.63) is 46.7 Å². The number of carbonyl (C=O) groups is 2. The average Bonchev–Trinajstić information content (AvgIpc) is 3.03. The molecule has 0 saturated heterocycles. The molecule has 1 heterocycles. The van der Waals surface area contributed by atoms with Crippen molar-refractivity contribution in [2.75, 3.05) is 11.9 Å². The molecule has 0 spiro atoms. The third-order valence-electron chi connectivity index (χ3n) is 2.93. The van der Waals surface area contributed by atoms with E-state index in [9.17, 15) is 9.59 Å². The van der Waals surface area contributed by atoms with Gasteiger partial charge in [-0.25, -0.2) is 0 Å². The van der Waals surface area contributed by atoms with Gasteiger partial charge in [0.2, 0.25) is 5.91 Å². The molecule has 0 aliphatic rings. The molecule has 116 valence electrons. The van der Waals surface area contributed by atoms with Crippen molar-refractivity contribution in [1.82, 2.24) is 5.32 Å². The van der Waals surface area contributed by atoms with E-state index in [2.05, 4.69) is 10.6 Å². The van der Waals surface area contributed by atoms with E-state index in [1.54, 1.807) is 31.2 Å². The molecule has 1 atom stereocenters. The summed E-state index contributed by atoms with van der Waals surface area (Å²) in [5.74, 6) is 0.0583. The number of anilines is 1. The Kier molecular flexibility index (Phi) is 5.55. The number of ether oxygens (including phenoxy) is 1. The molecule has 0 saturated carbocycles. The second-order valence-electron chi connectivity index (χ2n) is 4.59. The molecule has 6 heteroatoms. The zero-order valence-electron chi connectivity index (χ0n) is 12.5. The maximum Gasteiger partial charge on any atom is 0.261 e. The summed E-state index contributed by atoms with van der Waals surface area (Å²) in [5.41, 5.74) is 0.589. The fourth-order valence-electron chi connectivity index (χ4n) is 1.83. The highest BCUT2D eigenvalue weighted by Crippen LogP contribution is 2.23. The Hall–Kier alpha value is -2.34. The molecule has 1 aromatic carbocycles. The van der Waals surface area contributed by atoms with Crippen LogP contribution in [0.25, 0.3) is 0 Å². The van der Waals surface area contributed by atoms with E-state index in [1.807, 2.05) is 24.4 Å². The quantitative estimate of drug-likeness (QED) is 0.860. The van der Waals surface area contributed by atoms with Crippen LogP contribution in [0.3, 0.4) is 0 Å². The van der Waals surface area contributed by atoms with Gasteiger partial charge in [0.25, 0.3) is 5.91 Å². The molecule has 0 fully saturated rings. The van der Waals surface area contributed by atoms with E-state index >= 15 is 0 Å². The Bertz CT molecular complexity index is 641. The number of thiophene rings is 1. The Morgan fingerprint density at radius 3 is 2.68 bits per heavy atom. The molecule has 0 radical (unpaired) electrons. The van der Waals surface area contributed by atoms with Crippen molar-refractivity contribution in [3.63, 3.8) is 0 Å². The SMILES string of the molecule is CCOc1ccccc1NC(=O)C(C)NC(=O)c1cccs1. The van der Waals surface area contributed by atoms with Crippen LogP contribution in [0.15, 0.2) is 41.8 Å². The third kappa shape index (κ3) is 4.08. The Labute approximate surface area is 133 Å². The summed E-state index contributed by atoms with van der Waals surface area (Å²) in [6, 6.07) is 10.1. The molecule has 2 amide bonds. The lowest BCUT2D eigenvalue weighted by Gasteiger charge is -2.15. The topological polar surface area (TPSA) is 67.4 Å². The van der Waals surface area contributed by atoms with Gasteiger partial charge in [0.15, 0.2) is 0 Å². The van der Waals surface area contributed by atoms with Gasteiger partial charge in [-0.05, 0) is 37.4 Å². The van der Waals surface area contributed by atoms with Crippen molar-refractivity contribution in [1.29, 1.82) is 0 Å². The van der Waals surface area contributed by atoms with Crippen LogP contribution in [-0.2, 0) is 4.79 Å². The minimum atomic E-state index is -0.649. The minimum Gasteiger partial charge on any atom is -0.492 e. The lowest BCUT2D eigenvalue weighted by molar-refractivity contribution is -0.117. The number of benzene rings is 1. The standard InChI is InChI=1S/C16H18N2O3S/c1-3-21-13-8-5-4-7-12(13)18-15(19)11(2)17-16(20)14-9-6-10-22-14/h4-11H,3H2,1-2H3,(H,17,20)(H,18,19). The molecule has 1 aromatic heterocycles. The first-order valence-corrected chi connectivity index (χ1v) is 7.87. The Balaban J connectivity index is 1.98. The van der Waals surface area contributed by atoms with Gasteiger partial charge in [0, 0.05) is 0 Å². The normalized spacial score (nSPS) is 11.5. The molecule has 0 bridgehead atoms. The van der Waals surface area contributed by atoms with Crippen LogP contribution in [0.5, 0.6) is 5.75 Å². The molecule has 2 rings (SSSR count). The average molecular weight is 318 g/mol. The molecule has 0 aliphatic carbocycles. The van der Waals surface area contributed by atoms with Crippen molar-refractivity contribution in [2.45, 2.75) is 19.9 Å². The number of carbonyl (C=O) groups excluding carboxylic acids is 2. The molecule has 5 nitrogen and oxygen atoms in total. The summed E-state index contributed by atoms with van der Waals surface area (Å²) >= 11 is 1.33. The molecule has 0 aliphatic heterocycles. The van der Waals surface area contributed by atoms with Crippen LogP contribution in [-0.4, -0.2) is 24.5 Å². The summed E-state index contributed by atoms with van der Waals surface area (Å²) in [7, 11) is 0. The highest BCUT2D eigenvalue weighted by Gasteiger charge is 2.18. The first kappa shape index (κ1) is 16.0. The van der Waals surface area contributed by atoms with Crippen LogP contribution >= 0.6 is 11.3 Å². The molecular formula is C16H18N2O3S. The summed E-state index contributed by atoms with van der Waals surface area (Å²) in [6.45, 7) is 4.03. The van der Waals surface area contributed by atoms with Crippen molar-refractivity contribution < 1.29 is 14.3 Å². The fraction of sp³-hybridized carbons (Fsp3) is 0.250. The van der Waals surface area contributed by atoms with E-state index in [4.69, 9.17) is 4.74 Å². The number of rotatable bonds is 6. The van der Waals surface area contributed by atoms with Crippen molar-refractivity contribution in [3.8, 4) is 5.75 Å². The Morgan fingerprint density at radius 2 is 2.00 bits per heavy atom. The van der Waals surface area contributed by atoms with E-state index in [0.29, 0.717) is 22.9 Å². The molecular weight excluding hydrogens is 300 g/mol. The van der Waals surface area contributed by atoms with Crippen LogP contribution in [0.1, 0.15) is 23.5 Å². The number of hydrogen-bond donors (Lipinski definition) is 2. The lowest BCUT2D eigenvalue weighted by Crippen LogP contribution is -2.41.